The molecule has 4 rings (SSSR count). The van der Waals surface area contributed by atoms with Crippen LogP contribution < -0.4 is 0 Å². The van der Waals surface area contributed by atoms with Gasteiger partial charge in [-0.3, -0.25) is 13.9 Å². The van der Waals surface area contributed by atoms with E-state index < -0.39 is 10.8 Å². The standard InChI is InChI=1S/C29H36FN3O2S/c1-21-26(18-22-6-9-24(10-7-22)36(4)35)25-11-8-23(30)19-28(25)27(21)20-29(34)33-16-14-32(15-17-33)13-5-12-31(2)3/h6-11,18-19H,5,12-17,20H2,1-4H3/b26-18-. The fourth-order valence-corrected chi connectivity index (χ4v) is 5.52. The zero-order valence-corrected chi connectivity index (χ0v) is 22.5. The molecular weight excluding hydrogens is 473 g/mol. The summed E-state index contributed by atoms with van der Waals surface area (Å²) in [4.78, 5) is 20.7. The molecule has 192 valence electrons. The van der Waals surface area contributed by atoms with E-state index in [1.165, 1.54) is 6.07 Å². The summed E-state index contributed by atoms with van der Waals surface area (Å²) in [6.45, 7) is 7.40. The Morgan fingerprint density at radius 2 is 1.75 bits per heavy atom. The van der Waals surface area contributed by atoms with E-state index in [1.54, 1.807) is 18.4 Å². The lowest BCUT2D eigenvalue weighted by atomic mass is 10.0. The number of nitrogens with zero attached hydrogens (tertiary/aromatic N) is 3. The van der Waals surface area contributed by atoms with Gasteiger partial charge in [-0.2, -0.15) is 0 Å². The van der Waals surface area contributed by atoms with Crippen molar-refractivity contribution in [3.63, 3.8) is 0 Å². The molecule has 1 heterocycles. The molecule has 1 atom stereocenters. The van der Waals surface area contributed by atoms with Gasteiger partial charge in [0.25, 0.3) is 0 Å². The van der Waals surface area contributed by atoms with E-state index in [1.807, 2.05) is 36.1 Å². The fourth-order valence-electron chi connectivity index (χ4n) is 5.00. The average Bonchev–Trinajstić information content (AvgIpc) is 3.09. The number of benzene rings is 2. The Balaban J connectivity index is 1.50. The van der Waals surface area contributed by atoms with Gasteiger partial charge in [0.15, 0.2) is 0 Å². The highest BCUT2D eigenvalue weighted by Crippen LogP contribution is 2.44. The largest absolute Gasteiger partial charge is 0.340 e. The van der Waals surface area contributed by atoms with Crippen molar-refractivity contribution in [2.24, 2.45) is 0 Å². The van der Waals surface area contributed by atoms with Crippen LogP contribution in [0.5, 0.6) is 0 Å². The van der Waals surface area contributed by atoms with Gasteiger partial charge in [-0.25, -0.2) is 4.39 Å². The molecule has 0 radical (unpaired) electrons. The molecular formula is C29H36FN3O2S. The lowest BCUT2D eigenvalue weighted by Gasteiger charge is -2.35. The molecule has 36 heavy (non-hydrogen) atoms. The molecule has 5 nitrogen and oxygen atoms in total. The highest BCUT2D eigenvalue weighted by molar-refractivity contribution is 7.84. The lowest BCUT2D eigenvalue weighted by molar-refractivity contribution is -0.131. The SMILES string of the molecule is CC1=C(CC(=O)N2CCN(CCCN(C)C)CC2)c2cc(F)ccc2/C1=C\c1ccc(S(C)=O)cc1. The van der Waals surface area contributed by atoms with Gasteiger partial charge >= 0.3 is 0 Å². The highest BCUT2D eigenvalue weighted by atomic mass is 32.2. The van der Waals surface area contributed by atoms with Crippen molar-refractivity contribution in [2.75, 3.05) is 59.6 Å². The smallest absolute Gasteiger partial charge is 0.227 e. The van der Waals surface area contributed by atoms with Crippen LogP contribution >= 0.6 is 0 Å². The second-order valence-electron chi connectivity index (χ2n) is 9.93. The number of carbonyl (C=O) groups excluding carboxylic acids is 1. The van der Waals surface area contributed by atoms with Crippen LogP contribution in [0.15, 0.2) is 52.9 Å². The number of hydrogen-bond donors (Lipinski definition) is 0. The Morgan fingerprint density at radius 3 is 2.39 bits per heavy atom. The van der Waals surface area contributed by atoms with Crippen LogP contribution in [0.2, 0.25) is 0 Å². The molecule has 0 N–H and O–H groups in total. The first-order valence-electron chi connectivity index (χ1n) is 12.5. The van der Waals surface area contributed by atoms with Gasteiger partial charge < -0.3 is 9.80 Å². The number of fused-ring (bicyclic) bond motifs is 1. The molecule has 1 fully saturated rings. The van der Waals surface area contributed by atoms with Crippen LogP contribution in [-0.2, 0) is 15.6 Å². The summed E-state index contributed by atoms with van der Waals surface area (Å²) in [7, 11) is 3.15. The number of rotatable bonds is 8. The first kappa shape index (κ1) is 26.5. The van der Waals surface area contributed by atoms with E-state index in [0.717, 1.165) is 84.0 Å². The zero-order chi connectivity index (χ0) is 25.8. The van der Waals surface area contributed by atoms with Crippen LogP contribution in [0.4, 0.5) is 4.39 Å². The van der Waals surface area contributed by atoms with Gasteiger partial charge in [-0.1, -0.05) is 18.2 Å². The fraction of sp³-hybridized carbons (Fsp3) is 0.414. The maximum absolute atomic E-state index is 14.2. The average molecular weight is 510 g/mol. The summed E-state index contributed by atoms with van der Waals surface area (Å²) in [6, 6.07) is 12.5. The van der Waals surface area contributed by atoms with E-state index in [-0.39, 0.29) is 18.1 Å². The maximum atomic E-state index is 14.2. The molecule has 0 saturated carbocycles. The van der Waals surface area contributed by atoms with E-state index in [4.69, 9.17) is 0 Å². The Kier molecular flexibility index (Phi) is 8.54. The Bertz CT molecular complexity index is 1200. The number of piperazine rings is 1. The van der Waals surface area contributed by atoms with Crippen LogP contribution in [0, 0.1) is 5.82 Å². The van der Waals surface area contributed by atoms with E-state index >= 15 is 0 Å². The van der Waals surface area contributed by atoms with E-state index in [0.29, 0.717) is 0 Å². The molecule has 7 heteroatoms. The van der Waals surface area contributed by atoms with Crippen LogP contribution in [0.3, 0.4) is 0 Å². The molecule has 1 aliphatic heterocycles. The lowest BCUT2D eigenvalue weighted by Crippen LogP contribution is -2.49. The third-order valence-corrected chi connectivity index (χ3v) is 8.05. The molecule has 2 aliphatic rings. The van der Waals surface area contributed by atoms with Gasteiger partial charge in [0.05, 0.1) is 6.42 Å². The second kappa shape index (κ2) is 11.6. The molecule has 1 amide bonds. The summed E-state index contributed by atoms with van der Waals surface area (Å²) in [5.41, 5.74) is 5.65. The first-order chi connectivity index (χ1) is 17.2. The first-order valence-corrected chi connectivity index (χ1v) is 14.1. The van der Waals surface area contributed by atoms with Gasteiger partial charge in [0.1, 0.15) is 5.82 Å². The predicted molar refractivity (Wildman–Crippen MR) is 146 cm³/mol. The van der Waals surface area contributed by atoms with Gasteiger partial charge in [-0.05, 0) is 104 Å². The molecule has 0 aromatic heterocycles. The number of hydrogen-bond acceptors (Lipinski definition) is 4. The van der Waals surface area contributed by atoms with Crippen molar-refractivity contribution in [2.45, 2.75) is 24.7 Å². The Hall–Kier alpha value is -2.61. The van der Waals surface area contributed by atoms with Crippen molar-refractivity contribution < 1.29 is 13.4 Å². The monoisotopic (exact) mass is 509 g/mol. The minimum Gasteiger partial charge on any atom is -0.340 e. The highest BCUT2D eigenvalue weighted by Gasteiger charge is 2.28. The van der Waals surface area contributed by atoms with Gasteiger partial charge in [0, 0.05) is 48.1 Å². The predicted octanol–water partition coefficient (Wildman–Crippen LogP) is 4.38. The minimum atomic E-state index is -1.03. The molecule has 2 aromatic carbocycles. The number of allylic oxidation sites excluding steroid dienone is 2. The Morgan fingerprint density at radius 1 is 1.06 bits per heavy atom. The Labute approximate surface area is 216 Å². The normalized spacial score (nSPS) is 18.3. The van der Waals surface area contributed by atoms with Crippen molar-refractivity contribution >= 4 is 33.9 Å². The van der Waals surface area contributed by atoms with Crippen molar-refractivity contribution in [3.05, 3.63) is 70.5 Å². The second-order valence-corrected chi connectivity index (χ2v) is 11.3. The molecule has 1 saturated heterocycles. The van der Waals surface area contributed by atoms with Crippen LogP contribution in [-0.4, -0.2) is 84.4 Å². The van der Waals surface area contributed by atoms with Crippen molar-refractivity contribution in [1.82, 2.24) is 14.7 Å². The van der Waals surface area contributed by atoms with Crippen molar-refractivity contribution in [1.29, 1.82) is 0 Å². The molecule has 1 aliphatic carbocycles. The third-order valence-electron chi connectivity index (χ3n) is 7.11. The maximum Gasteiger partial charge on any atom is 0.227 e. The summed E-state index contributed by atoms with van der Waals surface area (Å²) in [5, 5.41) is 0. The summed E-state index contributed by atoms with van der Waals surface area (Å²) in [6.07, 6.45) is 5.13. The molecule has 0 bridgehead atoms. The summed E-state index contributed by atoms with van der Waals surface area (Å²) >= 11 is 0. The molecule has 2 aromatic rings. The topological polar surface area (TPSA) is 43.9 Å². The van der Waals surface area contributed by atoms with Crippen LogP contribution in [0.25, 0.3) is 17.2 Å². The number of carbonyl (C=O) groups is 1. The molecule has 1 unspecified atom stereocenters. The molecule has 0 spiro atoms. The van der Waals surface area contributed by atoms with Gasteiger partial charge in [0.2, 0.25) is 5.91 Å². The zero-order valence-electron chi connectivity index (χ0n) is 21.7. The number of halogens is 1. The van der Waals surface area contributed by atoms with Crippen molar-refractivity contribution in [3.8, 4) is 0 Å². The van der Waals surface area contributed by atoms with Gasteiger partial charge in [-0.15, -0.1) is 0 Å². The van der Waals surface area contributed by atoms with Crippen LogP contribution in [0.1, 0.15) is 36.5 Å². The quantitative estimate of drug-likeness (QED) is 0.530. The third kappa shape index (κ3) is 6.20. The van der Waals surface area contributed by atoms with E-state index in [2.05, 4.69) is 30.0 Å². The number of amides is 1. The summed E-state index contributed by atoms with van der Waals surface area (Å²) in [5.74, 6) is -0.197. The summed E-state index contributed by atoms with van der Waals surface area (Å²) < 4.78 is 26.0. The van der Waals surface area contributed by atoms with E-state index in [9.17, 15) is 13.4 Å². The minimum absolute atomic E-state index is 0.100.